The fourth-order valence-electron chi connectivity index (χ4n) is 3.56. The zero-order valence-corrected chi connectivity index (χ0v) is 25.1. The van der Waals surface area contributed by atoms with Gasteiger partial charge in [0.15, 0.2) is 11.5 Å². The first-order valence-electron chi connectivity index (χ1n) is 12.8. The number of hydrogen-bond acceptors (Lipinski definition) is 7. The molecule has 0 unspecified atom stereocenters. The summed E-state index contributed by atoms with van der Waals surface area (Å²) in [6, 6.07) is 12.0. The Morgan fingerprint density at radius 1 is 0.769 bits per heavy atom. The molecule has 0 saturated carbocycles. The van der Waals surface area contributed by atoms with Gasteiger partial charge in [0.05, 0.1) is 20.8 Å². The van der Waals surface area contributed by atoms with Crippen LogP contribution in [0.5, 0.6) is 11.5 Å². The normalized spacial score (nSPS) is 11.8. The lowest BCUT2D eigenvalue weighted by atomic mass is 9.86. The molecular formula is C30H43N3O6. The maximum atomic E-state index is 12.4. The predicted octanol–water partition coefficient (Wildman–Crippen LogP) is 6.57. The SMILES string of the molecule is COc1cc(CN=C(NC(=O)OC(C)(C)C)NC(=O)OC(C)(C)C)cc(-c2ccc(C(C)(C)C)cc2)c1OC. The minimum absolute atomic E-state index is 0.0234. The Morgan fingerprint density at radius 2 is 1.28 bits per heavy atom. The van der Waals surface area contributed by atoms with Crippen molar-refractivity contribution in [2.24, 2.45) is 4.99 Å². The van der Waals surface area contributed by atoms with E-state index in [1.54, 1.807) is 61.8 Å². The van der Waals surface area contributed by atoms with E-state index in [-0.39, 0.29) is 17.9 Å². The minimum Gasteiger partial charge on any atom is -0.493 e. The second kappa shape index (κ2) is 12.4. The zero-order valence-electron chi connectivity index (χ0n) is 25.1. The van der Waals surface area contributed by atoms with Crippen LogP contribution >= 0.6 is 0 Å². The first-order valence-corrected chi connectivity index (χ1v) is 12.8. The molecule has 9 nitrogen and oxygen atoms in total. The van der Waals surface area contributed by atoms with Crippen LogP contribution in [0.25, 0.3) is 11.1 Å². The molecule has 0 heterocycles. The Kier molecular flexibility index (Phi) is 10.0. The number of alkyl carbamates (subject to hydrolysis) is 2. The Morgan fingerprint density at radius 3 is 1.69 bits per heavy atom. The molecule has 2 aromatic rings. The van der Waals surface area contributed by atoms with Crippen LogP contribution in [-0.2, 0) is 21.4 Å². The molecule has 0 saturated heterocycles. The van der Waals surface area contributed by atoms with Gasteiger partial charge < -0.3 is 18.9 Å². The van der Waals surface area contributed by atoms with Gasteiger partial charge in [0.2, 0.25) is 5.96 Å². The molecule has 2 amide bonds. The van der Waals surface area contributed by atoms with Crippen molar-refractivity contribution in [3.8, 4) is 22.6 Å². The van der Waals surface area contributed by atoms with Gasteiger partial charge in [-0.3, -0.25) is 10.6 Å². The van der Waals surface area contributed by atoms with Gasteiger partial charge in [-0.25, -0.2) is 14.6 Å². The Labute approximate surface area is 232 Å². The number of amides is 2. The van der Waals surface area contributed by atoms with Gasteiger partial charge in [-0.1, -0.05) is 45.0 Å². The average Bonchev–Trinajstić information content (AvgIpc) is 2.78. The summed E-state index contributed by atoms with van der Waals surface area (Å²) in [4.78, 5) is 29.3. The van der Waals surface area contributed by atoms with E-state index in [2.05, 4.69) is 48.5 Å². The summed E-state index contributed by atoms with van der Waals surface area (Å²) < 4.78 is 21.9. The molecule has 2 aromatic carbocycles. The van der Waals surface area contributed by atoms with E-state index in [4.69, 9.17) is 18.9 Å². The van der Waals surface area contributed by atoms with Crippen molar-refractivity contribution >= 4 is 18.1 Å². The summed E-state index contributed by atoms with van der Waals surface area (Å²) in [6.45, 7) is 17.0. The van der Waals surface area contributed by atoms with Crippen molar-refractivity contribution < 1.29 is 28.5 Å². The molecular weight excluding hydrogens is 498 g/mol. The molecule has 0 atom stereocenters. The van der Waals surface area contributed by atoms with Gasteiger partial charge in [0.25, 0.3) is 0 Å². The van der Waals surface area contributed by atoms with Gasteiger partial charge >= 0.3 is 12.2 Å². The van der Waals surface area contributed by atoms with Crippen molar-refractivity contribution in [2.75, 3.05) is 14.2 Å². The van der Waals surface area contributed by atoms with Gasteiger partial charge in [-0.2, -0.15) is 0 Å². The molecule has 2 N–H and O–H groups in total. The molecule has 9 heteroatoms. The summed E-state index contributed by atoms with van der Waals surface area (Å²) in [5, 5.41) is 5.00. The predicted molar refractivity (Wildman–Crippen MR) is 154 cm³/mol. The van der Waals surface area contributed by atoms with E-state index in [0.717, 1.165) is 16.7 Å². The Hall–Kier alpha value is -3.75. The third-order valence-electron chi connectivity index (χ3n) is 5.26. The molecule has 0 aromatic heterocycles. The van der Waals surface area contributed by atoms with Crippen LogP contribution in [0.2, 0.25) is 0 Å². The number of nitrogens with one attached hydrogen (secondary N) is 2. The van der Waals surface area contributed by atoms with Crippen molar-refractivity contribution in [2.45, 2.75) is 85.5 Å². The van der Waals surface area contributed by atoms with Crippen LogP contribution in [0.15, 0.2) is 41.4 Å². The van der Waals surface area contributed by atoms with Gasteiger partial charge in [-0.15, -0.1) is 0 Å². The highest BCUT2D eigenvalue weighted by Crippen LogP contribution is 2.40. The van der Waals surface area contributed by atoms with Crippen LogP contribution in [0.3, 0.4) is 0 Å². The van der Waals surface area contributed by atoms with Gasteiger partial charge in [0, 0.05) is 5.56 Å². The largest absolute Gasteiger partial charge is 0.493 e. The standard InChI is InChI=1S/C30H43N3O6/c1-28(2,3)21-14-12-20(13-15-21)22-16-19(17-23(36-10)24(22)37-11)18-31-25(32-26(34)38-29(4,5)6)33-27(35)39-30(7,8)9/h12-17H,18H2,1-11H3,(H2,31,32,33,34,35). The molecule has 0 aliphatic carbocycles. The van der Waals surface area contributed by atoms with Crippen molar-refractivity contribution in [3.05, 3.63) is 47.5 Å². The maximum absolute atomic E-state index is 12.4. The molecule has 2 rings (SSSR count). The molecule has 0 aliphatic heterocycles. The number of nitrogens with zero attached hydrogens (tertiary/aromatic N) is 1. The molecule has 0 fully saturated rings. The number of benzene rings is 2. The van der Waals surface area contributed by atoms with E-state index in [9.17, 15) is 9.59 Å². The lowest BCUT2D eigenvalue weighted by Gasteiger charge is -2.22. The number of ether oxygens (including phenoxy) is 4. The van der Waals surface area contributed by atoms with E-state index in [0.29, 0.717) is 11.5 Å². The highest BCUT2D eigenvalue weighted by atomic mass is 16.6. The van der Waals surface area contributed by atoms with Gasteiger partial charge in [-0.05, 0) is 75.8 Å². The molecule has 0 bridgehead atoms. The smallest absolute Gasteiger partial charge is 0.414 e. The quantitative estimate of drug-likeness (QED) is 0.327. The molecule has 0 radical (unpaired) electrons. The zero-order chi connectivity index (χ0) is 29.6. The molecule has 0 spiro atoms. The Balaban J connectivity index is 2.45. The van der Waals surface area contributed by atoms with Crippen molar-refractivity contribution in [1.82, 2.24) is 10.6 Å². The molecule has 214 valence electrons. The first kappa shape index (κ1) is 31.5. The Bertz CT molecular complexity index is 1150. The number of aliphatic imine (C=N–C) groups is 1. The van der Waals surface area contributed by atoms with Crippen LogP contribution < -0.4 is 20.1 Å². The lowest BCUT2D eigenvalue weighted by Crippen LogP contribution is -2.47. The fourth-order valence-corrected chi connectivity index (χ4v) is 3.56. The number of guanidine groups is 1. The van der Waals surface area contributed by atoms with E-state index >= 15 is 0 Å². The van der Waals surface area contributed by atoms with E-state index < -0.39 is 23.4 Å². The summed E-state index contributed by atoms with van der Waals surface area (Å²) in [7, 11) is 3.16. The summed E-state index contributed by atoms with van der Waals surface area (Å²) in [6.07, 6.45) is -1.52. The highest BCUT2D eigenvalue weighted by molar-refractivity contribution is 6.01. The van der Waals surface area contributed by atoms with Crippen LogP contribution in [0, 0.1) is 0 Å². The third-order valence-corrected chi connectivity index (χ3v) is 5.26. The number of carbonyl (C=O) groups is 2. The summed E-state index contributed by atoms with van der Waals surface area (Å²) in [5.41, 5.74) is 2.30. The molecule has 39 heavy (non-hydrogen) atoms. The lowest BCUT2D eigenvalue weighted by molar-refractivity contribution is 0.0545. The molecule has 0 aliphatic rings. The minimum atomic E-state index is -0.760. The van der Waals surface area contributed by atoms with Crippen LogP contribution in [0.1, 0.15) is 73.4 Å². The second-order valence-electron chi connectivity index (χ2n) is 12.1. The summed E-state index contributed by atoms with van der Waals surface area (Å²) >= 11 is 0. The first-order chi connectivity index (χ1) is 17.9. The number of methoxy groups -OCH3 is 2. The monoisotopic (exact) mass is 541 g/mol. The van der Waals surface area contributed by atoms with Gasteiger partial charge in [0.1, 0.15) is 11.2 Å². The number of hydrogen-bond donors (Lipinski definition) is 2. The van der Waals surface area contributed by atoms with Crippen molar-refractivity contribution in [1.29, 1.82) is 0 Å². The fraction of sp³-hybridized carbons (Fsp3) is 0.500. The van der Waals surface area contributed by atoms with Crippen molar-refractivity contribution in [3.63, 3.8) is 0 Å². The highest BCUT2D eigenvalue weighted by Gasteiger charge is 2.22. The van der Waals surface area contributed by atoms with E-state index in [1.807, 2.05) is 18.2 Å². The van der Waals surface area contributed by atoms with Crippen LogP contribution in [0.4, 0.5) is 9.59 Å². The third kappa shape index (κ3) is 10.1. The number of rotatable bonds is 5. The average molecular weight is 542 g/mol. The number of carbonyl (C=O) groups excluding carboxylic acids is 2. The maximum Gasteiger partial charge on any atom is 0.414 e. The van der Waals surface area contributed by atoms with Crippen LogP contribution in [-0.4, -0.2) is 43.6 Å². The van der Waals surface area contributed by atoms with E-state index in [1.165, 1.54) is 5.56 Å². The second-order valence-corrected chi connectivity index (χ2v) is 12.1. The topological polar surface area (TPSA) is 107 Å². The summed E-state index contributed by atoms with van der Waals surface area (Å²) in [5.74, 6) is 1.01.